The normalized spacial score (nSPS) is 28.1. The topological polar surface area (TPSA) is 19.1 Å². The van der Waals surface area contributed by atoms with E-state index >= 15 is 0 Å². The Balaban J connectivity index is 2.07. The lowest BCUT2D eigenvalue weighted by molar-refractivity contribution is -0.760. The molecule has 1 aromatic carbocycles. The fraction of sp³-hybridized carbons (Fsp3) is 0.522. The SMILES string of the molecule is CCC1(CC)CNc2ccccc2N2[B]C1(C)C(C)(CC)[n+]1ccccc12. The van der Waals surface area contributed by atoms with Crippen LogP contribution in [-0.4, -0.2) is 14.0 Å². The molecule has 2 aromatic rings. The number of nitrogens with one attached hydrogen (secondary N) is 1. The van der Waals surface area contributed by atoms with Crippen molar-refractivity contribution in [1.29, 1.82) is 0 Å². The van der Waals surface area contributed by atoms with Gasteiger partial charge in [0.1, 0.15) is 11.2 Å². The first-order valence-electron chi connectivity index (χ1n) is 10.5. The summed E-state index contributed by atoms with van der Waals surface area (Å²) in [6, 6.07) is 15.3. The summed E-state index contributed by atoms with van der Waals surface area (Å²) in [6.07, 6.45) is 5.68. The second-order valence-electron chi connectivity index (χ2n) is 8.62. The second kappa shape index (κ2) is 6.29. The maximum atomic E-state index is 3.83. The van der Waals surface area contributed by atoms with Crippen LogP contribution < -0.4 is 14.7 Å². The monoisotopic (exact) mass is 361 g/mol. The quantitative estimate of drug-likeness (QED) is 0.592. The Labute approximate surface area is 165 Å². The van der Waals surface area contributed by atoms with Gasteiger partial charge in [-0.2, -0.15) is 0 Å². The van der Waals surface area contributed by atoms with E-state index in [0.717, 1.165) is 25.8 Å². The second-order valence-corrected chi connectivity index (χ2v) is 8.62. The van der Waals surface area contributed by atoms with Crippen molar-refractivity contribution in [2.24, 2.45) is 5.41 Å². The molecule has 4 rings (SSSR count). The van der Waals surface area contributed by atoms with Crippen LogP contribution in [0.15, 0.2) is 48.7 Å². The van der Waals surface area contributed by atoms with Gasteiger partial charge in [0.05, 0.1) is 11.9 Å². The summed E-state index contributed by atoms with van der Waals surface area (Å²) < 4.78 is 2.54. The largest absolute Gasteiger partial charge is 0.410 e. The van der Waals surface area contributed by atoms with Gasteiger partial charge in [0.15, 0.2) is 0 Å². The number of hydrogen-bond donors (Lipinski definition) is 1. The van der Waals surface area contributed by atoms with E-state index in [2.05, 4.69) is 105 Å². The average molecular weight is 361 g/mol. The first-order valence-corrected chi connectivity index (χ1v) is 10.5. The Morgan fingerprint density at radius 3 is 2.41 bits per heavy atom. The lowest BCUT2D eigenvalue weighted by Gasteiger charge is -2.59. The van der Waals surface area contributed by atoms with Crippen LogP contribution in [0.4, 0.5) is 17.2 Å². The number of benzene rings is 1. The molecule has 1 aromatic heterocycles. The summed E-state index contributed by atoms with van der Waals surface area (Å²) in [7, 11) is 2.55. The van der Waals surface area contributed by atoms with E-state index in [9.17, 15) is 0 Å². The third kappa shape index (κ3) is 2.25. The molecule has 2 aliphatic rings. The molecule has 4 heteroatoms. The fourth-order valence-corrected chi connectivity index (χ4v) is 5.72. The van der Waals surface area contributed by atoms with Gasteiger partial charge >= 0.3 is 7.41 Å². The first-order chi connectivity index (χ1) is 13.0. The molecule has 2 aliphatic heterocycles. The Morgan fingerprint density at radius 1 is 1.00 bits per heavy atom. The number of rotatable bonds is 3. The molecule has 0 amide bonds. The highest BCUT2D eigenvalue weighted by atomic mass is 15.3. The number of fused-ring (bicyclic) bond motifs is 6. The van der Waals surface area contributed by atoms with Crippen molar-refractivity contribution in [3.05, 3.63) is 48.7 Å². The summed E-state index contributed by atoms with van der Waals surface area (Å²) in [6.45, 7) is 13.0. The van der Waals surface area contributed by atoms with Crippen molar-refractivity contribution in [3.63, 3.8) is 0 Å². The van der Waals surface area contributed by atoms with Gasteiger partial charge in [-0.25, -0.2) is 4.57 Å². The van der Waals surface area contributed by atoms with Crippen molar-refractivity contribution >= 4 is 24.6 Å². The Bertz CT molecular complexity index is 847. The van der Waals surface area contributed by atoms with E-state index in [1.165, 1.54) is 17.2 Å². The Kier molecular flexibility index (Phi) is 4.29. The van der Waals surface area contributed by atoms with Gasteiger partial charge in [0.25, 0.3) is 5.82 Å². The van der Waals surface area contributed by atoms with E-state index in [-0.39, 0.29) is 16.3 Å². The zero-order valence-electron chi connectivity index (χ0n) is 17.4. The minimum Gasteiger partial charge on any atom is -0.381 e. The third-order valence-electron chi connectivity index (χ3n) is 8.05. The van der Waals surface area contributed by atoms with Crippen LogP contribution in [0, 0.1) is 5.41 Å². The minimum atomic E-state index is 0.0117. The van der Waals surface area contributed by atoms with E-state index in [0.29, 0.717) is 0 Å². The number of nitrogens with zero attached hydrogens (tertiary/aromatic N) is 2. The third-order valence-corrected chi connectivity index (χ3v) is 8.05. The van der Waals surface area contributed by atoms with Gasteiger partial charge in [0.2, 0.25) is 0 Å². The van der Waals surface area contributed by atoms with Gasteiger partial charge in [-0.3, -0.25) is 4.81 Å². The first kappa shape index (κ1) is 18.4. The minimum absolute atomic E-state index is 0.0117. The van der Waals surface area contributed by atoms with E-state index < -0.39 is 0 Å². The van der Waals surface area contributed by atoms with Crippen LogP contribution in [-0.2, 0) is 5.54 Å². The molecule has 0 fully saturated rings. The molecule has 1 radical (unpaired) electrons. The van der Waals surface area contributed by atoms with Crippen LogP contribution in [0.25, 0.3) is 0 Å². The Hall–Kier alpha value is -1.97. The summed E-state index contributed by atoms with van der Waals surface area (Å²) in [4.78, 5) is 2.43. The Morgan fingerprint density at radius 2 is 1.70 bits per heavy atom. The van der Waals surface area contributed by atoms with E-state index in [1.807, 2.05) is 0 Å². The standard InChI is InChI=1S/C23H32BN3/c1-6-21(4)22(5)23(7-2,8-3)17-25-18-13-9-10-14-19(18)27(24-22)20-15-11-12-16-26(20)21/h9-16,25H,6-8,17H2,1-5H3/q+1. The number of pyridine rings is 1. The molecule has 0 saturated heterocycles. The lowest BCUT2D eigenvalue weighted by Crippen LogP contribution is -2.73. The molecule has 1 N–H and O–H groups in total. The summed E-state index contributed by atoms with van der Waals surface area (Å²) >= 11 is 0. The molecular weight excluding hydrogens is 329 g/mol. The fourth-order valence-electron chi connectivity index (χ4n) is 5.72. The highest BCUT2D eigenvalue weighted by Crippen LogP contribution is 2.62. The van der Waals surface area contributed by atoms with Crippen LogP contribution in [0.1, 0.15) is 53.9 Å². The van der Waals surface area contributed by atoms with E-state index in [4.69, 9.17) is 0 Å². The maximum absolute atomic E-state index is 3.83. The van der Waals surface area contributed by atoms with Crippen molar-refractivity contribution in [1.82, 2.24) is 0 Å². The molecule has 2 unspecified atom stereocenters. The van der Waals surface area contributed by atoms with Crippen molar-refractivity contribution < 1.29 is 4.57 Å². The summed E-state index contributed by atoms with van der Waals surface area (Å²) in [5.74, 6) is 1.25. The summed E-state index contributed by atoms with van der Waals surface area (Å²) in [5, 5.41) is 3.85. The van der Waals surface area contributed by atoms with Crippen molar-refractivity contribution in [2.75, 3.05) is 16.7 Å². The van der Waals surface area contributed by atoms with Crippen LogP contribution in [0.2, 0.25) is 5.31 Å². The predicted molar refractivity (Wildman–Crippen MR) is 115 cm³/mol. The molecule has 27 heavy (non-hydrogen) atoms. The molecule has 0 spiro atoms. The molecule has 141 valence electrons. The van der Waals surface area contributed by atoms with Gasteiger partial charge in [-0.05, 0) is 49.8 Å². The van der Waals surface area contributed by atoms with Gasteiger partial charge < -0.3 is 5.32 Å². The van der Waals surface area contributed by atoms with Crippen molar-refractivity contribution in [2.45, 2.75) is 64.7 Å². The number of anilines is 3. The molecule has 2 atom stereocenters. The number of para-hydroxylation sites is 2. The van der Waals surface area contributed by atoms with Gasteiger partial charge in [0, 0.05) is 17.9 Å². The zero-order valence-corrected chi connectivity index (χ0v) is 17.4. The van der Waals surface area contributed by atoms with Crippen LogP contribution in [0.3, 0.4) is 0 Å². The molecule has 0 aliphatic carbocycles. The van der Waals surface area contributed by atoms with Gasteiger partial charge in [-0.1, -0.05) is 45.9 Å². The van der Waals surface area contributed by atoms with Crippen LogP contribution >= 0.6 is 0 Å². The predicted octanol–water partition coefficient (Wildman–Crippen LogP) is 5.28. The molecule has 3 heterocycles. The smallest absolute Gasteiger partial charge is 0.381 e. The highest BCUT2D eigenvalue weighted by Gasteiger charge is 2.66. The van der Waals surface area contributed by atoms with E-state index in [1.54, 1.807) is 0 Å². The zero-order chi connectivity index (χ0) is 19.3. The van der Waals surface area contributed by atoms with Crippen LogP contribution in [0.5, 0.6) is 0 Å². The van der Waals surface area contributed by atoms with Gasteiger partial charge in [-0.15, -0.1) is 0 Å². The number of hydrogen-bond acceptors (Lipinski definition) is 2. The van der Waals surface area contributed by atoms with Crippen molar-refractivity contribution in [3.8, 4) is 0 Å². The molecule has 0 saturated carbocycles. The highest BCUT2D eigenvalue weighted by molar-refractivity contribution is 6.49. The molecule has 3 nitrogen and oxygen atoms in total. The number of aromatic nitrogens is 1. The molecule has 2 bridgehead atoms. The molecular formula is C23H32BN3+. The average Bonchev–Trinajstić information content (AvgIpc) is 2.71. The summed E-state index contributed by atoms with van der Waals surface area (Å²) in [5.41, 5.74) is 2.64. The lowest BCUT2D eigenvalue weighted by atomic mass is 9.37. The maximum Gasteiger partial charge on any atom is 0.410 e.